The van der Waals surface area contributed by atoms with Gasteiger partial charge in [0.15, 0.2) is 11.5 Å². The SMILES string of the molecule is COc1cc(CNC(C)c2ccccn2)cc(OC)c1OC.Cl. The van der Waals surface area contributed by atoms with Gasteiger partial charge in [-0.1, -0.05) is 6.07 Å². The number of ether oxygens (including phenoxy) is 3. The van der Waals surface area contributed by atoms with Crippen LogP contribution in [-0.4, -0.2) is 26.3 Å². The van der Waals surface area contributed by atoms with Crippen LogP contribution in [0.5, 0.6) is 17.2 Å². The van der Waals surface area contributed by atoms with E-state index in [0.717, 1.165) is 11.3 Å². The van der Waals surface area contributed by atoms with Gasteiger partial charge in [-0.25, -0.2) is 0 Å². The lowest BCUT2D eigenvalue weighted by Gasteiger charge is -2.16. The molecule has 0 radical (unpaired) electrons. The summed E-state index contributed by atoms with van der Waals surface area (Å²) >= 11 is 0. The van der Waals surface area contributed by atoms with Crippen molar-refractivity contribution in [3.05, 3.63) is 47.8 Å². The summed E-state index contributed by atoms with van der Waals surface area (Å²) in [6, 6.07) is 9.95. The van der Waals surface area contributed by atoms with Gasteiger partial charge in [0.2, 0.25) is 5.75 Å². The molecule has 0 bridgehead atoms. The van der Waals surface area contributed by atoms with E-state index in [0.29, 0.717) is 23.8 Å². The van der Waals surface area contributed by atoms with E-state index in [1.807, 2.05) is 30.3 Å². The number of rotatable bonds is 7. The molecule has 0 spiro atoms. The Labute approximate surface area is 143 Å². The van der Waals surface area contributed by atoms with E-state index in [1.165, 1.54) is 0 Å². The first-order valence-corrected chi connectivity index (χ1v) is 7.12. The standard InChI is InChI=1S/C17H22N2O3.ClH/c1-12(14-7-5-6-8-18-14)19-11-13-9-15(20-2)17(22-4)16(10-13)21-3;/h5-10,12,19H,11H2,1-4H3;1H. The lowest BCUT2D eigenvalue weighted by molar-refractivity contribution is 0.323. The molecule has 1 aromatic heterocycles. The van der Waals surface area contributed by atoms with Crippen LogP contribution < -0.4 is 19.5 Å². The van der Waals surface area contributed by atoms with Gasteiger partial charge in [-0.3, -0.25) is 4.98 Å². The normalized spacial score (nSPS) is 11.3. The second kappa shape index (κ2) is 9.22. The van der Waals surface area contributed by atoms with Crippen LogP contribution in [0.25, 0.3) is 0 Å². The molecule has 6 heteroatoms. The molecule has 0 amide bonds. The molecule has 126 valence electrons. The summed E-state index contributed by atoms with van der Waals surface area (Å²) in [4.78, 5) is 4.35. The fourth-order valence-corrected chi connectivity index (χ4v) is 2.25. The molecule has 0 aliphatic rings. The van der Waals surface area contributed by atoms with E-state index in [1.54, 1.807) is 27.5 Å². The number of methoxy groups -OCH3 is 3. The molecule has 1 atom stereocenters. The molecule has 0 saturated heterocycles. The average molecular weight is 339 g/mol. The van der Waals surface area contributed by atoms with Gasteiger partial charge >= 0.3 is 0 Å². The van der Waals surface area contributed by atoms with E-state index in [-0.39, 0.29) is 18.4 Å². The Morgan fingerprint density at radius 1 is 1.04 bits per heavy atom. The van der Waals surface area contributed by atoms with Crippen molar-refractivity contribution in [1.82, 2.24) is 10.3 Å². The van der Waals surface area contributed by atoms with Crippen molar-refractivity contribution in [1.29, 1.82) is 0 Å². The van der Waals surface area contributed by atoms with Gasteiger partial charge in [0.25, 0.3) is 0 Å². The highest BCUT2D eigenvalue weighted by Gasteiger charge is 2.14. The maximum Gasteiger partial charge on any atom is 0.203 e. The van der Waals surface area contributed by atoms with Crippen molar-refractivity contribution in [2.45, 2.75) is 19.5 Å². The molecule has 1 N–H and O–H groups in total. The minimum absolute atomic E-state index is 0. The first-order valence-electron chi connectivity index (χ1n) is 7.12. The Bertz CT molecular complexity index is 583. The molecule has 0 fully saturated rings. The first-order chi connectivity index (χ1) is 10.7. The van der Waals surface area contributed by atoms with Gasteiger partial charge < -0.3 is 19.5 Å². The molecule has 5 nitrogen and oxygen atoms in total. The third-order valence-electron chi connectivity index (χ3n) is 3.47. The predicted molar refractivity (Wildman–Crippen MR) is 92.8 cm³/mol. The highest BCUT2D eigenvalue weighted by Crippen LogP contribution is 2.38. The molecule has 23 heavy (non-hydrogen) atoms. The Balaban J connectivity index is 0.00000264. The smallest absolute Gasteiger partial charge is 0.203 e. The molecule has 0 saturated carbocycles. The third kappa shape index (κ3) is 4.74. The quantitative estimate of drug-likeness (QED) is 0.838. The number of aromatic nitrogens is 1. The highest BCUT2D eigenvalue weighted by atomic mass is 35.5. The van der Waals surface area contributed by atoms with Gasteiger partial charge in [0.05, 0.1) is 27.0 Å². The summed E-state index contributed by atoms with van der Waals surface area (Å²) in [5, 5.41) is 3.44. The van der Waals surface area contributed by atoms with Gasteiger partial charge in [-0.15, -0.1) is 12.4 Å². The molecular weight excluding hydrogens is 316 g/mol. The maximum absolute atomic E-state index is 5.37. The topological polar surface area (TPSA) is 52.6 Å². The van der Waals surface area contributed by atoms with E-state index < -0.39 is 0 Å². The van der Waals surface area contributed by atoms with Gasteiger partial charge in [0.1, 0.15) is 0 Å². The third-order valence-corrected chi connectivity index (χ3v) is 3.47. The molecule has 2 aromatic rings. The number of hydrogen-bond donors (Lipinski definition) is 1. The lowest BCUT2D eigenvalue weighted by atomic mass is 10.1. The number of benzene rings is 1. The fraction of sp³-hybridized carbons (Fsp3) is 0.353. The maximum atomic E-state index is 5.37. The van der Waals surface area contributed by atoms with Crippen LogP contribution >= 0.6 is 12.4 Å². The zero-order valence-corrected chi connectivity index (χ0v) is 14.6. The van der Waals surface area contributed by atoms with Gasteiger partial charge in [0, 0.05) is 18.8 Å². The zero-order chi connectivity index (χ0) is 15.9. The van der Waals surface area contributed by atoms with Crippen molar-refractivity contribution >= 4 is 12.4 Å². The van der Waals surface area contributed by atoms with Crippen LogP contribution in [0.4, 0.5) is 0 Å². The first kappa shape index (κ1) is 19.1. The Hall–Kier alpha value is -1.98. The van der Waals surface area contributed by atoms with E-state index in [9.17, 15) is 0 Å². The second-order valence-corrected chi connectivity index (χ2v) is 4.89. The van der Waals surface area contributed by atoms with Crippen molar-refractivity contribution in [3.63, 3.8) is 0 Å². The van der Waals surface area contributed by atoms with Gasteiger partial charge in [-0.05, 0) is 36.8 Å². The number of nitrogens with one attached hydrogen (secondary N) is 1. The number of hydrogen-bond acceptors (Lipinski definition) is 5. The van der Waals surface area contributed by atoms with Crippen LogP contribution in [0.15, 0.2) is 36.5 Å². The van der Waals surface area contributed by atoms with E-state index in [4.69, 9.17) is 14.2 Å². The van der Waals surface area contributed by atoms with Crippen LogP contribution in [-0.2, 0) is 6.54 Å². The molecule has 2 rings (SSSR count). The Kier molecular flexibility index (Phi) is 7.65. The minimum Gasteiger partial charge on any atom is -0.493 e. The second-order valence-electron chi connectivity index (χ2n) is 4.89. The molecule has 0 aliphatic heterocycles. The summed E-state index contributed by atoms with van der Waals surface area (Å²) in [7, 11) is 4.83. The van der Waals surface area contributed by atoms with Crippen LogP contribution in [0.1, 0.15) is 24.2 Å². The summed E-state index contributed by atoms with van der Waals surface area (Å²) in [5.74, 6) is 1.92. The number of pyridine rings is 1. The summed E-state index contributed by atoms with van der Waals surface area (Å²) < 4.78 is 16.1. The summed E-state index contributed by atoms with van der Waals surface area (Å²) in [6.07, 6.45) is 1.80. The largest absolute Gasteiger partial charge is 0.493 e. The molecular formula is C17H23ClN2O3. The molecule has 1 unspecified atom stereocenters. The number of nitrogens with zero attached hydrogens (tertiary/aromatic N) is 1. The van der Waals surface area contributed by atoms with Crippen LogP contribution in [0.3, 0.4) is 0 Å². The molecule has 1 heterocycles. The Morgan fingerprint density at radius 3 is 2.17 bits per heavy atom. The lowest BCUT2D eigenvalue weighted by Crippen LogP contribution is -2.19. The van der Waals surface area contributed by atoms with Crippen LogP contribution in [0, 0.1) is 0 Å². The average Bonchev–Trinajstić information content (AvgIpc) is 2.59. The highest BCUT2D eigenvalue weighted by molar-refractivity contribution is 5.85. The van der Waals surface area contributed by atoms with E-state index in [2.05, 4.69) is 17.2 Å². The Morgan fingerprint density at radius 2 is 1.70 bits per heavy atom. The molecule has 1 aromatic carbocycles. The summed E-state index contributed by atoms with van der Waals surface area (Å²) in [5.41, 5.74) is 2.06. The summed E-state index contributed by atoms with van der Waals surface area (Å²) in [6.45, 7) is 2.76. The molecule has 0 aliphatic carbocycles. The van der Waals surface area contributed by atoms with E-state index >= 15 is 0 Å². The predicted octanol–water partition coefficient (Wildman–Crippen LogP) is 3.38. The monoisotopic (exact) mass is 338 g/mol. The number of halogens is 1. The minimum atomic E-state index is 0. The van der Waals surface area contributed by atoms with Crippen LogP contribution in [0.2, 0.25) is 0 Å². The zero-order valence-electron chi connectivity index (χ0n) is 13.8. The fourth-order valence-electron chi connectivity index (χ4n) is 2.25. The van der Waals surface area contributed by atoms with Crippen molar-refractivity contribution in [3.8, 4) is 17.2 Å². The van der Waals surface area contributed by atoms with Crippen molar-refractivity contribution in [2.75, 3.05) is 21.3 Å². The van der Waals surface area contributed by atoms with Gasteiger partial charge in [-0.2, -0.15) is 0 Å². The van der Waals surface area contributed by atoms with Crippen molar-refractivity contribution < 1.29 is 14.2 Å². The van der Waals surface area contributed by atoms with Crippen molar-refractivity contribution in [2.24, 2.45) is 0 Å².